The van der Waals surface area contributed by atoms with E-state index in [1.54, 1.807) is 19.1 Å². The van der Waals surface area contributed by atoms with Crippen molar-refractivity contribution >= 4 is 10.0 Å². The molecule has 0 aliphatic rings. The third kappa shape index (κ3) is 4.56. The first-order chi connectivity index (χ1) is 10.9. The van der Waals surface area contributed by atoms with E-state index in [1.807, 2.05) is 18.2 Å². The predicted molar refractivity (Wildman–Crippen MR) is 88.1 cm³/mol. The lowest BCUT2D eigenvalue weighted by Gasteiger charge is -2.20. The molecule has 0 radical (unpaired) electrons. The molecule has 1 unspecified atom stereocenters. The second kappa shape index (κ2) is 7.28. The second-order valence-corrected chi connectivity index (χ2v) is 6.41. The van der Waals surface area contributed by atoms with Gasteiger partial charge in [0.05, 0.1) is 6.04 Å². The smallest absolute Gasteiger partial charge is 0.246 e. The number of rotatable bonds is 6. The number of nitrogens with one attached hydrogen (secondary N) is 2. The lowest BCUT2D eigenvalue weighted by atomic mass is 9.98. The summed E-state index contributed by atoms with van der Waals surface area (Å²) in [6, 6.07) is 12.6. The maximum atomic E-state index is 11.8. The number of hydrogen-bond acceptors (Lipinski definition) is 5. The first-order valence-electron chi connectivity index (χ1n) is 6.90. The van der Waals surface area contributed by atoms with E-state index >= 15 is 0 Å². The lowest BCUT2D eigenvalue weighted by Crippen LogP contribution is -2.39. The van der Waals surface area contributed by atoms with Gasteiger partial charge in [-0.05, 0) is 24.6 Å². The van der Waals surface area contributed by atoms with Gasteiger partial charge in [0.1, 0.15) is 11.5 Å². The van der Waals surface area contributed by atoms with E-state index in [0.29, 0.717) is 5.56 Å². The molecule has 7 heteroatoms. The van der Waals surface area contributed by atoms with Gasteiger partial charge >= 0.3 is 0 Å². The Balaban J connectivity index is 2.37. The van der Waals surface area contributed by atoms with E-state index in [4.69, 9.17) is 0 Å². The number of allylic oxidation sites excluding steroid dienone is 1. The van der Waals surface area contributed by atoms with Gasteiger partial charge in [0, 0.05) is 17.0 Å². The van der Waals surface area contributed by atoms with Crippen LogP contribution in [0.5, 0.6) is 11.5 Å². The number of sulfonamides is 1. The fourth-order valence-corrected chi connectivity index (χ4v) is 2.82. The minimum Gasteiger partial charge on any atom is -0.508 e. The Kier molecular flexibility index (Phi) is 5.38. The quantitative estimate of drug-likeness (QED) is 0.607. The molecule has 2 aromatic carbocycles. The Labute approximate surface area is 135 Å². The van der Waals surface area contributed by atoms with E-state index in [0.717, 1.165) is 11.0 Å². The number of benzene rings is 2. The third-order valence-electron chi connectivity index (χ3n) is 3.12. The molecule has 0 saturated heterocycles. The summed E-state index contributed by atoms with van der Waals surface area (Å²) in [5.74, 6) is -0.218. The van der Waals surface area contributed by atoms with Crippen molar-refractivity contribution in [3.05, 3.63) is 71.1 Å². The van der Waals surface area contributed by atoms with Crippen molar-refractivity contribution in [3.8, 4) is 11.5 Å². The van der Waals surface area contributed by atoms with E-state index < -0.39 is 16.1 Å². The summed E-state index contributed by atoms with van der Waals surface area (Å²) in [5.41, 5.74) is 3.88. The lowest BCUT2D eigenvalue weighted by molar-refractivity contribution is 0.436. The van der Waals surface area contributed by atoms with Crippen molar-refractivity contribution in [2.75, 3.05) is 0 Å². The molecule has 6 nitrogen and oxygen atoms in total. The molecule has 0 aromatic heterocycles. The van der Waals surface area contributed by atoms with Gasteiger partial charge in [-0.15, -0.1) is 4.83 Å². The van der Waals surface area contributed by atoms with Crippen molar-refractivity contribution in [3.63, 3.8) is 0 Å². The molecule has 1 atom stereocenters. The Hall–Kier alpha value is -2.35. The minimum absolute atomic E-state index is 0.0763. The van der Waals surface area contributed by atoms with E-state index in [1.165, 1.54) is 24.3 Å². The molecule has 0 bridgehead atoms. The average Bonchev–Trinajstić information content (AvgIpc) is 2.50. The van der Waals surface area contributed by atoms with Gasteiger partial charge in [0.25, 0.3) is 0 Å². The van der Waals surface area contributed by atoms with Crippen LogP contribution in [-0.4, -0.2) is 18.6 Å². The summed E-state index contributed by atoms with van der Waals surface area (Å²) in [5, 5.41) is 20.5. The number of phenolic OH excluding ortho intramolecular Hbond substituents is 2. The van der Waals surface area contributed by atoms with Crippen LogP contribution < -0.4 is 10.3 Å². The van der Waals surface area contributed by atoms with E-state index in [2.05, 4.69) is 10.3 Å². The van der Waals surface area contributed by atoms with Crippen LogP contribution in [0.3, 0.4) is 0 Å². The summed E-state index contributed by atoms with van der Waals surface area (Å²) in [6.45, 7) is 1.60. The first kappa shape index (κ1) is 17.0. The molecule has 0 spiro atoms. The largest absolute Gasteiger partial charge is 0.508 e. The van der Waals surface area contributed by atoms with Crippen LogP contribution in [0.15, 0.2) is 60.0 Å². The van der Waals surface area contributed by atoms with Crippen LogP contribution >= 0.6 is 0 Å². The predicted octanol–water partition coefficient (Wildman–Crippen LogP) is 2.14. The molecule has 0 heterocycles. The number of hydrazine groups is 1. The molecule has 0 amide bonds. The third-order valence-corrected chi connectivity index (χ3v) is 4.15. The summed E-state index contributed by atoms with van der Waals surface area (Å²) in [7, 11) is -3.64. The molecule has 122 valence electrons. The Morgan fingerprint density at radius 3 is 2.39 bits per heavy atom. The van der Waals surface area contributed by atoms with Gasteiger partial charge in [-0.2, -0.15) is 0 Å². The van der Waals surface area contributed by atoms with Crippen molar-refractivity contribution in [2.45, 2.75) is 13.0 Å². The molecular weight excluding hydrogens is 316 g/mol. The highest BCUT2D eigenvalue weighted by molar-refractivity contribution is 7.92. The van der Waals surface area contributed by atoms with Gasteiger partial charge in [0.15, 0.2) is 0 Å². The van der Waals surface area contributed by atoms with Crippen LogP contribution in [0.25, 0.3) is 0 Å². The van der Waals surface area contributed by atoms with Gasteiger partial charge in [0.2, 0.25) is 10.0 Å². The molecule has 0 aliphatic carbocycles. The standard InChI is InChI=1S/C16H18N2O4S/c1-2-10-23(21,22)18-17-16(12-6-4-3-5-7-12)14-9-8-13(19)11-15(14)20/h2-11,16-20H,1H3. The normalized spacial score (nSPS) is 13.3. The number of aromatic hydroxyl groups is 2. The Morgan fingerprint density at radius 2 is 1.78 bits per heavy atom. The maximum absolute atomic E-state index is 11.8. The Bertz CT molecular complexity index is 789. The second-order valence-electron chi connectivity index (χ2n) is 4.85. The van der Waals surface area contributed by atoms with Gasteiger partial charge in [-0.3, -0.25) is 0 Å². The SMILES string of the molecule is CC=CS(=O)(=O)NNC(c1ccccc1)c1ccc(O)cc1O. The molecule has 23 heavy (non-hydrogen) atoms. The number of hydrogen-bond donors (Lipinski definition) is 4. The van der Waals surface area contributed by atoms with Crippen LogP contribution in [0.2, 0.25) is 0 Å². The highest BCUT2D eigenvalue weighted by Gasteiger charge is 2.19. The molecule has 4 N–H and O–H groups in total. The highest BCUT2D eigenvalue weighted by Crippen LogP contribution is 2.31. The fraction of sp³-hybridized carbons (Fsp3) is 0.125. The number of phenols is 2. The average molecular weight is 334 g/mol. The van der Waals surface area contributed by atoms with Gasteiger partial charge < -0.3 is 10.2 Å². The summed E-state index contributed by atoms with van der Waals surface area (Å²) in [6.07, 6.45) is 1.40. The zero-order chi connectivity index (χ0) is 16.9. The van der Waals surface area contributed by atoms with Crippen LogP contribution in [0, 0.1) is 0 Å². The molecule has 0 fully saturated rings. The molecule has 0 saturated carbocycles. The minimum atomic E-state index is -3.64. The van der Waals surface area contributed by atoms with Gasteiger partial charge in [-0.1, -0.05) is 36.4 Å². The summed E-state index contributed by atoms with van der Waals surface area (Å²) in [4.78, 5) is 2.26. The van der Waals surface area contributed by atoms with Crippen molar-refractivity contribution in [1.82, 2.24) is 10.3 Å². The highest BCUT2D eigenvalue weighted by atomic mass is 32.2. The zero-order valence-corrected chi connectivity index (χ0v) is 13.3. The Morgan fingerprint density at radius 1 is 1.09 bits per heavy atom. The fourth-order valence-electron chi connectivity index (χ4n) is 2.12. The summed E-state index contributed by atoms with van der Waals surface area (Å²) < 4.78 is 23.5. The zero-order valence-electron chi connectivity index (χ0n) is 12.5. The van der Waals surface area contributed by atoms with E-state index in [9.17, 15) is 18.6 Å². The molecule has 2 aromatic rings. The monoisotopic (exact) mass is 334 g/mol. The van der Waals surface area contributed by atoms with Crippen LogP contribution in [0.4, 0.5) is 0 Å². The van der Waals surface area contributed by atoms with Crippen molar-refractivity contribution < 1.29 is 18.6 Å². The molecule has 2 rings (SSSR count). The topological polar surface area (TPSA) is 98.7 Å². The maximum Gasteiger partial charge on any atom is 0.246 e. The summed E-state index contributed by atoms with van der Waals surface area (Å²) >= 11 is 0. The van der Waals surface area contributed by atoms with Crippen LogP contribution in [-0.2, 0) is 10.0 Å². The van der Waals surface area contributed by atoms with E-state index in [-0.39, 0.29) is 11.5 Å². The first-order valence-corrected chi connectivity index (χ1v) is 8.44. The van der Waals surface area contributed by atoms with Crippen molar-refractivity contribution in [1.29, 1.82) is 0 Å². The molecule has 0 aliphatic heterocycles. The van der Waals surface area contributed by atoms with Gasteiger partial charge in [-0.25, -0.2) is 13.8 Å². The molecular formula is C16H18N2O4S. The van der Waals surface area contributed by atoms with Crippen molar-refractivity contribution in [2.24, 2.45) is 0 Å². The van der Waals surface area contributed by atoms with Crippen LogP contribution in [0.1, 0.15) is 24.1 Å².